The highest BCUT2D eigenvalue weighted by atomic mass is 31.2. The van der Waals surface area contributed by atoms with Gasteiger partial charge in [0.15, 0.2) is 6.10 Å². The number of phosphoric acid groups is 1. The number of rotatable bonds is 37. The molecule has 1 heterocycles. The van der Waals surface area contributed by atoms with Gasteiger partial charge in [0.1, 0.15) is 31.3 Å². The summed E-state index contributed by atoms with van der Waals surface area (Å²) in [6.07, 6.45) is 33.1. The van der Waals surface area contributed by atoms with Gasteiger partial charge < -0.3 is 37.4 Å². The number of carbonyl (C=O) groups is 2. The molecular formula is C48H82NO10P. The van der Waals surface area contributed by atoms with Gasteiger partial charge in [0.05, 0.1) is 33.9 Å². The van der Waals surface area contributed by atoms with E-state index in [1.165, 1.54) is 30.4 Å². The van der Waals surface area contributed by atoms with Crippen molar-refractivity contribution in [2.45, 2.75) is 175 Å². The number of hydrogen-bond donors (Lipinski definition) is 1. The van der Waals surface area contributed by atoms with Crippen LogP contribution in [-0.2, 0) is 45.5 Å². The van der Waals surface area contributed by atoms with E-state index in [2.05, 4.69) is 52.0 Å². The summed E-state index contributed by atoms with van der Waals surface area (Å²) >= 11 is 0. The van der Waals surface area contributed by atoms with Crippen LogP contribution in [0.25, 0.3) is 0 Å². The fourth-order valence-corrected chi connectivity index (χ4v) is 7.00. The lowest BCUT2D eigenvalue weighted by atomic mass is 10.0. The first-order chi connectivity index (χ1) is 28.7. The van der Waals surface area contributed by atoms with Crippen LogP contribution in [0.15, 0.2) is 53.0 Å². The molecule has 11 nitrogen and oxygen atoms in total. The van der Waals surface area contributed by atoms with Crippen LogP contribution in [0.3, 0.4) is 0 Å². The van der Waals surface area contributed by atoms with Crippen LogP contribution in [0.2, 0.25) is 0 Å². The average Bonchev–Trinajstić information content (AvgIpc) is 3.45. The molecular weight excluding hydrogens is 781 g/mol. The van der Waals surface area contributed by atoms with E-state index in [0.717, 1.165) is 95.0 Å². The number of allylic oxidation sites excluding steroid dienone is 7. The molecule has 0 fully saturated rings. The zero-order valence-corrected chi connectivity index (χ0v) is 39.4. The Kier molecular flexibility index (Phi) is 31.1. The highest BCUT2D eigenvalue weighted by molar-refractivity contribution is 7.45. The molecule has 3 atom stereocenters. The van der Waals surface area contributed by atoms with Gasteiger partial charge in [0.25, 0.3) is 7.82 Å². The van der Waals surface area contributed by atoms with E-state index in [-0.39, 0.29) is 26.1 Å². The molecule has 12 heteroatoms. The summed E-state index contributed by atoms with van der Waals surface area (Å²) in [7, 11) is 1.04. The van der Waals surface area contributed by atoms with E-state index >= 15 is 0 Å². The summed E-state index contributed by atoms with van der Waals surface area (Å²) in [6.45, 7) is 8.17. The number of hydrogen-bond acceptors (Lipinski definition) is 10. The van der Waals surface area contributed by atoms with Crippen LogP contribution in [0.1, 0.15) is 158 Å². The summed E-state index contributed by atoms with van der Waals surface area (Å²) in [5.41, 5.74) is 2.60. The molecule has 0 radical (unpaired) electrons. The van der Waals surface area contributed by atoms with Crippen LogP contribution in [0, 0.1) is 13.8 Å². The first kappa shape index (κ1) is 55.2. The monoisotopic (exact) mass is 864 g/mol. The van der Waals surface area contributed by atoms with Crippen LogP contribution in [0.4, 0.5) is 0 Å². The largest absolute Gasteiger partial charge is 0.756 e. The number of nitrogens with zero attached hydrogens (tertiary/aromatic N) is 1. The Morgan fingerprint density at radius 1 is 0.733 bits per heavy atom. The molecule has 60 heavy (non-hydrogen) atoms. The first-order valence-electron chi connectivity index (χ1n) is 22.8. The Balaban J connectivity index is 2.42. The van der Waals surface area contributed by atoms with Crippen LogP contribution in [0.5, 0.6) is 0 Å². The molecule has 1 aromatic heterocycles. The maximum Gasteiger partial charge on any atom is 0.306 e. The number of aliphatic hydroxyl groups excluding tert-OH is 1. The van der Waals surface area contributed by atoms with Crippen molar-refractivity contribution in [3.8, 4) is 0 Å². The third-order valence-corrected chi connectivity index (χ3v) is 11.1. The van der Waals surface area contributed by atoms with Crippen molar-refractivity contribution in [1.29, 1.82) is 0 Å². The number of esters is 2. The van der Waals surface area contributed by atoms with Crippen molar-refractivity contribution >= 4 is 19.8 Å². The molecule has 0 aliphatic rings. The van der Waals surface area contributed by atoms with Crippen molar-refractivity contribution < 1.29 is 51.6 Å². The number of unbranched alkanes of at least 4 members (excludes halogenated alkanes) is 10. The highest BCUT2D eigenvalue weighted by Crippen LogP contribution is 2.38. The average molecular weight is 864 g/mol. The molecule has 1 unspecified atom stereocenters. The van der Waals surface area contributed by atoms with Gasteiger partial charge in [-0.25, -0.2) is 0 Å². The van der Waals surface area contributed by atoms with Gasteiger partial charge in [-0.15, -0.1) is 0 Å². The second-order valence-electron chi connectivity index (χ2n) is 16.8. The van der Waals surface area contributed by atoms with E-state index in [1.807, 2.05) is 33.3 Å². The van der Waals surface area contributed by atoms with E-state index in [4.69, 9.17) is 22.9 Å². The molecule has 1 N–H and O–H groups in total. The minimum absolute atomic E-state index is 0.0392. The van der Waals surface area contributed by atoms with Crippen LogP contribution in [-0.4, -0.2) is 81.2 Å². The number of aryl methyl sites for hydroxylation is 2. The number of likely N-dealkylation sites (N-methyl/N-ethyl adjacent to an activating group) is 1. The maximum atomic E-state index is 12.7. The van der Waals surface area contributed by atoms with E-state index in [9.17, 15) is 24.2 Å². The standard InChI is InChI=1S/C48H82NO10P/c1-8-10-11-12-13-14-15-16-17-18-21-24-27-32-43(50)33-30-36-47(51)55-39-44(40-57-60(53,54)56-38-37-49(5,6)7)58-48(52)35-29-26-23-20-19-22-25-28-34-46-42(4)41(3)45(59-46)31-9-2/h13-14,16-17,21,24,27,32,43-44,50H,8-12,15,18-20,22-23,25-26,28-31,33-40H2,1-7H3/b14-13-,17-16-,24-21-,32-27+/t43-,44-/m1/s1. The Morgan fingerprint density at radius 3 is 2.02 bits per heavy atom. The molecule has 0 bridgehead atoms. The molecule has 344 valence electrons. The smallest absolute Gasteiger partial charge is 0.306 e. The normalized spacial score (nSPS) is 14.5. The fraction of sp³-hybridized carbons (Fsp3) is 0.708. The molecule has 0 aromatic carbocycles. The molecule has 0 saturated carbocycles. The predicted octanol–water partition coefficient (Wildman–Crippen LogP) is 10.7. The number of aliphatic hydroxyl groups is 1. The first-order valence-corrected chi connectivity index (χ1v) is 24.3. The van der Waals surface area contributed by atoms with E-state index in [1.54, 1.807) is 12.2 Å². The summed E-state index contributed by atoms with van der Waals surface area (Å²) < 4.78 is 39.9. The SMILES string of the molecule is CCCCC/C=C\C/C=C\C/C=C\C=C\[C@@H](O)CCCC(=O)OC[C@H](COP(=O)([O-])OCC[N+](C)(C)C)OC(=O)CCCCCCCCCCc1oc(CCC)c(C)c1C. The second-order valence-corrected chi connectivity index (χ2v) is 18.3. The van der Waals surface area contributed by atoms with Crippen molar-refractivity contribution in [2.75, 3.05) is 47.5 Å². The van der Waals surface area contributed by atoms with E-state index < -0.39 is 38.6 Å². The molecule has 1 rings (SSSR count). The van der Waals surface area contributed by atoms with E-state index in [0.29, 0.717) is 30.3 Å². The number of quaternary nitrogens is 1. The molecule has 0 aliphatic carbocycles. The Bertz CT molecular complexity index is 1460. The molecule has 0 amide bonds. The minimum Gasteiger partial charge on any atom is -0.756 e. The third-order valence-electron chi connectivity index (χ3n) is 10.1. The van der Waals surface area contributed by atoms with Gasteiger partial charge in [-0.05, 0) is 82.8 Å². The van der Waals surface area contributed by atoms with Gasteiger partial charge in [0.2, 0.25) is 0 Å². The fourth-order valence-electron chi connectivity index (χ4n) is 6.27. The lowest BCUT2D eigenvalue weighted by Crippen LogP contribution is -2.37. The number of furan rings is 1. The van der Waals surface area contributed by atoms with Crippen molar-refractivity contribution in [1.82, 2.24) is 0 Å². The van der Waals surface area contributed by atoms with Crippen molar-refractivity contribution in [3.05, 3.63) is 71.3 Å². The lowest BCUT2D eigenvalue weighted by Gasteiger charge is -2.28. The zero-order valence-electron chi connectivity index (χ0n) is 38.5. The second kappa shape index (κ2) is 33.8. The lowest BCUT2D eigenvalue weighted by molar-refractivity contribution is -0.870. The molecule has 0 aliphatic heterocycles. The number of carbonyl (C=O) groups excluding carboxylic acids is 2. The number of phosphoric ester groups is 1. The quantitative estimate of drug-likeness (QED) is 0.0171. The Morgan fingerprint density at radius 2 is 1.35 bits per heavy atom. The summed E-state index contributed by atoms with van der Waals surface area (Å²) in [5, 5.41) is 10.3. The van der Waals surface area contributed by atoms with Crippen molar-refractivity contribution in [2.24, 2.45) is 0 Å². The van der Waals surface area contributed by atoms with Gasteiger partial charge in [-0.2, -0.15) is 0 Å². The summed E-state index contributed by atoms with van der Waals surface area (Å²) in [4.78, 5) is 37.7. The molecule has 0 saturated heterocycles. The van der Waals surface area contributed by atoms with Crippen LogP contribution < -0.4 is 4.89 Å². The Labute approximate surface area is 363 Å². The topological polar surface area (TPSA) is 145 Å². The number of ether oxygens (including phenoxy) is 2. The minimum atomic E-state index is -4.69. The summed E-state index contributed by atoms with van der Waals surface area (Å²) in [6, 6.07) is 0. The zero-order chi connectivity index (χ0) is 44.5. The van der Waals surface area contributed by atoms with Gasteiger partial charge >= 0.3 is 11.9 Å². The molecule has 1 aromatic rings. The highest BCUT2D eigenvalue weighted by Gasteiger charge is 2.22. The summed E-state index contributed by atoms with van der Waals surface area (Å²) in [5.74, 6) is 1.21. The van der Waals surface area contributed by atoms with Gasteiger partial charge in [-0.3, -0.25) is 14.2 Å². The molecule has 0 spiro atoms. The predicted molar refractivity (Wildman–Crippen MR) is 240 cm³/mol. The third kappa shape index (κ3) is 30.3. The van der Waals surface area contributed by atoms with Gasteiger partial charge in [-0.1, -0.05) is 114 Å². The van der Waals surface area contributed by atoms with Crippen molar-refractivity contribution in [3.63, 3.8) is 0 Å². The van der Waals surface area contributed by atoms with Crippen LogP contribution >= 0.6 is 7.82 Å². The van der Waals surface area contributed by atoms with Gasteiger partial charge in [0, 0.05) is 25.7 Å². The maximum absolute atomic E-state index is 12.7. The Hall–Kier alpha value is -2.79.